The molecule has 0 aliphatic heterocycles. The average Bonchev–Trinajstić information content (AvgIpc) is 2.74. The Kier molecular flexibility index (Phi) is 5.38. The standard InChI is InChI=1S/C10H18N6S/c1-10(2,8-11)4-7-17-9-13-14-15-16(9)6-5-12-3/h12H,4-7H2,1-3H3. The van der Waals surface area contributed by atoms with Crippen LogP contribution in [0.25, 0.3) is 0 Å². The van der Waals surface area contributed by atoms with Crippen LogP contribution < -0.4 is 5.32 Å². The Morgan fingerprint density at radius 3 is 2.94 bits per heavy atom. The molecule has 0 unspecified atom stereocenters. The second-order valence-corrected chi connectivity index (χ2v) is 5.44. The Labute approximate surface area is 106 Å². The minimum absolute atomic E-state index is 0.281. The van der Waals surface area contributed by atoms with Gasteiger partial charge in [0.1, 0.15) is 0 Å². The number of nitrogens with zero attached hydrogens (tertiary/aromatic N) is 5. The van der Waals surface area contributed by atoms with Gasteiger partial charge in [0.15, 0.2) is 0 Å². The van der Waals surface area contributed by atoms with Crippen LogP contribution in [0.15, 0.2) is 5.16 Å². The zero-order chi connectivity index (χ0) is 12.7. The molecule has 1 N–H and O–H groups in total. The molecular weight excluding hydrogens is 236 g/mol. The van der Waals surface area contributed by atoms with Crippen molar-refractivity contribution in [1.29, 1.82) is 5.26 Å². The Hall–Kier alpha value is -1.13. The largest absolute Gasteiger partial charge is 0.318 e. The Morgan fingerprint density at radius 1 is 1.53 bits per heavy atom. The van der Waals surface area contributed by atoms with Gasteiger partial charge >= 0.3 is 0 Å². The van der Waals surface area contributed by atoms with Crippen molar-refractivity contribution in [1.82, 2.24) is 25.5 Å². The summed E-state index contributed by atoms with van der Waals surface area (Å²) in [6, 6.07) is 2.29. The Bertz CT molecular complexity index is 380. The summed E-state index contributed by atoms with van der Waals surface area (Å²) >= 11 is 1.59. The van der Waals surface area contributed by atoms with E-state index in [1.165, 1.54) is 0 Å². The normalized spacial score (nSPS) is 11.4. The van der Waals surface area contributed by atoms with Crippen LogP contribution >= 0.6 is 11.8 Å². The average molecular weight is 254 g/mol. The van der Waals surface area contributed by atoms with Crippen molar-refractivity contribution in [2.45, 2.75) is 32.0 Å². The second kappa shape index (κ2) is 6.57. The van der Waals surface area contributed by atoms with Gasteiger partial charge in [0, 0.05) is 12.3 Å². The molecule has 0 fully saturated rings. The molecule has 0 spiro atoms. The van der Waals surface area contributed by atoms with Gasteiger partial charge in [0.05, 0.1) is 18.0 Å². The van der Waals surface area contributed by atoms with E-state index < -0.39 is 0 Å². The van der Waals surface area contributed by atoms with Crippen molar-refractivity contribution in [2.75, 3.05) is 19.3 Å². The van der Waals surface area contributed by atoms with E-state index in [9.17, 15) is 0 Å². The molecule has 0 saturated carbocycles. The van der Waals surface area contributed by atoms with Crippen LogP contribution in [-0.2, 0) is 6.54 Å². The van der Waals surface area contributed by atoms with Crippen molar-refractivity contribution < 1.29 is 0 Å². The van der Waals surface area contributed by atoms with Gasteiger partial charge in [-0.3, -0.25) is 0 Å². The summed E-state index contributed by atoms with van der Waals surface area (Å²) in [4.78, 5) is 0. The van der Waals surface area contributed by atoms with Gasteiger partial charge in [-0.1, -0.05) is 11.8 Å². The van der Waals surface area contributed by atoms with Crippen molar-refractivity contribution in [3.63, 3.8) is 0 Å². The molecule has 0 saturated heterocycles. The number of aromatic nitrogens is 4. The highest BCUT2D eigenvalue weighted by atomic mass is 32.2. The Morgan fingerprint density at radius 2 is 2.29 bits per heavy atom. The second-order valence-electron chi connectivity index (χ2n) is 4.38. The number of likely N-dealkylation sites (N-methyl/N-ethyl adjacent to an activating group) is 1. The smallest absolute Gasteiger partial charge is 0.209 e. The first-order valence-corrected chi connectivity index (χ1v) is 6.52. The Balaban J connectivity index is 2.42. The first-order valence-electron chi connectivity index (χ1n) is 5.54. The maximum absolute atomic E-state index is 8.91. The molecule has 0 amide bonds. The molecule has 0 atom stereocenters. The van der Waals surface area contributed by atoms with Crippen molar-refractivity contribution >= 4 is 11.8 Å². The van der Waals surface area contributed by atoms with E-state index in [1.807, 2.05) is 20.9 Å². The summed E-state index contributed by atoms with van der Waals surface area (Å²) in [5.74, 6) is 0.848. The molecule has 1 aromatic rings. The van der Waals surface area contributed by atoms with Crippen LogP contribution in [-0.4, -0.2) is 39.6 Å². The molecule has 17 heavy (non-hydrogen) atoms. The first-order chi connectivity index (χ1) is 8.09. The minimum atomic E-state index is -0.281. The lowest BCUT2D eigenvalue weighted by molar-refractivity contribution is 0.481. The topological polar surface area (TPSA) is 79.4 Å². The molecular formula is C10H18N6S. The molecule has 0 bridgehead atoms. The predicted molar refractivity (Wildman–Crippen MR) is 66.5 cm³/mol. The third-order valence-corrected chi connectivity index (χ3v) is 3.29. The summed E-state index contributed by atoms with van der Waals surface area (Å²) in [6.45, 7) is 5.48. The van der Waals surface area contributed by atoms with E-state index in [0.29, 0.717) is 0 Å². The number of rotatable bonds is 7. The molecule has 94 valence electrons. The predicted octanol–water partition coefficient (Wildman–Crippen LogP) is 0.924. The van der Waals surface area contributed by atoms with E-state index >= 15 is 0 Å². The SMILES string of the molecule is CNCCn1nnnc1SCCC(C)(C)C#N. The lowest BCUT2D eigenvalue weighted by Gasteiger charge is -2.13. The van der Waals surface area contributed by atoms with Crippen LogP contribution in [0.4, 0.5) is 0 Å². The number of nitrogens with one attached hydrogen (secondary N) is 1. The zero-order valence-corrected chi connectivity index (χ0v) is 11.3. The summed E-state index contributed by atoms with van der Waals surface area (Å²) in [6.07, 6.45) is 0.826. The van der Waals surface area contributed by atoms with Crippen molar-refractivity contribution in [3.8, 4) is 6.07 Å². The van der Waals surface area contributed by atoms with Crippen LogP contribution in [0, 0.1) is 16.7 Å². The molecule has 1 heterocycles. The van der Waals surface area contributed by atoms with Gasteiger partial charge < -0.3 is 5.32 Å². The summed E-state index contributed by atoms with van der Waals surface area (Å²) in [7, 11) is 1.90. The van der Waals surface area contributed by atoms with E-state index in [0.717, 1.165) is 30.4 Å². The number of tetrazole rings is 1. The highest BCUT2D eigenvalue weighted by Gasteiger charge is 2.17. The fourth-order valence-electron chi connectivity index (χ4n) is 1.11. The van der Waals surface area contributed by atoms with Crippen LogP contribution in [0.1, 0.15) is 20.3 Å². The fourth-order valence-corrected chi connectivity index (χ4v) is 2.28. The van der Waals surface area contributed by atoms with Gasteiger partial charge in [-0.05, 0) is 37.7 Å². The molecule has 0 aliphatic carbocycles. The number of nitriles is 1. The molecule has 0 aliphatic rings. The minimum Gasteiger partial charge on any atom is -0.318 e. The molecule has 6 nitrogen and oxygen atoms in total. The van der Waals surface area contributed by atoms with Gasteiger partial charge in [0.25, 0.3) is 0 Å². The van der Waals surface area contributed by atoms with Crippen LogP contribution in [0.2, 0.25) is 0 Å². The number of hydrogen-bond acceptors (Lipinski definition) is 6. The maximum Gasteiger partial charge on any atom is 0.209 e. The van der Waals surface area contributed by atoms with E-state index in [4.69, 9.17) is 5.26 Å². The lowest BCUT2D eigenvalue weighted by Crippen LogP contribution is -2.16. The van der Waals surface area contributed by atoms with Crippen molar-refractivity contribution in [2.24, 2.45) is 5.41 Å². The highest BCUT2D eigenvalue weighted by molar-refractivity contribution is 7.99. The fraction of sp³-hybridized carbons (Fsp3) is 0.800. The summed E-state index contributed by atoms with van der Waals surface area (Å²) in [5.41, 5.74) is -0.281. The van der Waals surface area contributed by atoms with Crippen molar-refractivity contribution in [3.05, 3.63) is 0 Å². The summed E-state index contributed by atoms with van der Waals surface area (Å²) < 4.78 is 1.78. The van der Waals surface area contributed by atoms with Crippen LogP contribution in [0.5, 0.6) is 0 Å². The van der Waals surface area contributed by atoms with E-state index in [2.05, 4.69) is 26.9 Å². The molecule has 7 heteroatoms. The van der Waals surface area contributed by atoms with Gasteiger partial charge in [0.2, 0.25) is 5.16 Å². The number of thioether (sulfide) groups is 1. The zero-order valence-electron chi connectivity index (χ0n) is 10.5. The molecule has 0 aromatic carbocycles. The monoisotopic (exact) mass is 254 g/mol. The third kappa shape index (κ3) is 4.71. The van der Waals surface area contributed by atoms with Crippen LogP contribution in [0.3, 0.4) is 0 Å². The molecule has 0 radical (unpaired) electrons. The van der Waals surface area contributed by atoms with Gasteiger partial charge in [-0.25, -0.2) is 4.68 Å². The van der Waals surface area contributed by atoms with E-state index in [1.54, 1.807) is 16.4 Å². The van der Waals surface area contributed by atoms with Gasteiger partial charge in [-0.15, -0.1) is 5.10 Å². The van der Waals surface area contributed by atoms with Gasteiger partial charge in [-0.2, -0.15) is 5.26 Å². The third-order valence-electron chi connectivity index (χ3n) is 2.33. The molecule has 1 aromatic heterocycles. The lowest BCUT2D eigenvalue weighted by atomic mass is 9.93. The highest BCUT2D eigenvalue weighted by Crippen LogP contribution is 2.24. The number of hydrogen-bond donors (Lipinski definition) is 1. The molecule has 1 rings (SSSR count). The summed E-state index contributed by atoms with van der Waals surface area (Å²) in [5, 5.41) is 24.3. The first kappa shape index (κ1) is 13.9. The quantitative estimate of drug-likeness (QED) is 0.729. The maximum atomic E-state index is 8.91. The van der Waals surface area contributed by atoms with E-state index in [-0.39, 0.29) is 5.41 Å².